The molecule has 0 radical (unpaired) electrons. The van der Waals surface area contributed by atoms with Gasteiger partial charge in [-0.05, 0) is 43.7 Å². The smallest absolute Gasteiger partial charge is 0.280 e. The van der Waals surface area contributed by atoms with Crippen LogP contribution in [0, 0.1) is 6.92 Å². The highest BCUT2D eigenvalue weighted by Crippen LogP contribution is 2.43. The minimum Gasteiger partial charge on any atom is -0.470 e. The number of nitrogens with one attached hydrogen (secondary N) is 1. The Morgan fingerprint density at radius 3 is 2.62 bits per heavy atom. The Bertz CT molecular complexity index is 1750. The molecule has 0 bridgehead atoms. The zero-order valence-corrected chi connectivity index (χ0v) is 22.8. The first-order valence-corrected chi connectivity index (χ1v) is 13.2. The summed E-state index contributed by atoms with van der Waals surface area (Å²) in [5.41, 5.74) is 6.71. The number of hydrogen-bond donors (Lipinski definition) is 2. The van der Waals surface area contributed by atoms with Crippen molar-refractivity contribution in [1.29, 1.82) is 0 Å². The molecule has 1 aromatic carbocycles. The molecule has 3 N–H and O–H groups in total. The molecule has 40 heavy (non-hydrogen) atoms. The number of aryl methyl sites for hydroxylation is 2. The summed E-state index contributed by atoms with van der Waals surface area (Å²) in [6, 6.07) is 9.63. The number of carbonyl (C=O) groups excluding carboxylic acids is 2. The Hall–Kier alpha value is -4.36. The van der Waals surface area contributed by atoms with Crippen molar-refractivity contribution in [3.63, 3.8) is 0 Å². The topological polar surface area (TPSA) is 130 Å². The van der Waals surface area contributed by atoms with Crippen molar-refractivity contribution in [3.8, 4) is 16.9 Å². The van der Waals surface area contributed by atoms with Gasteiger partial charge in [-0.1, -0.05) is 23.7 Å². The number of fused-ring (bicyclic) bond motifs is 1. The van der Waals surface area contributed by atoms with E-state index in [1.165, 1.54) is 23.0 Å². The number of thiophene rings is 1. The molecule has 0 aliphatic heterocycles. The van der Waals surface area contributed by atoms with Crippen LogP contribution in [0.3, 0.4) is 0 Å². The van der Waals surface area contributed by atoms with Crippen molar-refractivity contribution in [1.82, 2.24) is 24.5 Å². The maximum absolute atomic E-state index is 13.8. The van der Waals surface area contributed by atoms with Gasteiger partial charge >= 0.3 is 0 Å². The van der Waals surface area contributed by atoms with Gasteiger partial charge in [0.1, 0.15) is 21.2 Å². The fourth-order valence-corrected chi connectivity index (χ4v) is 5.31. The van der Waals surface area contributed by atoms with Crippen molar-refractivity contribution in [3.05, 3.63) is 75.8 Å². The van der Waals surface area contributed by atoms with Crippen LogP contribution in [0.25, 0.3) is 21.3 Å². The predicted octanol–water partition coefficient (Wildman–Crippen LogP) is 5.66. The van der Waals surface area contributed by atoms with Crippen LogP contribution in [0.4, 0.5) is 14.5 Å². The number of alkyl halides is 2. The Labute approximate surface area is 235 Å². The quantitative estimate of drug-likeness (QED) is 0.229. The van der Waals surface area contributed by atoms with Gasteiger partial charge in [0.05, 0.1) is 16.4 Å². The van der Waals surface area contributed by atoms with Crippen molar-refractivity contribution in [2.45, 2.75) is 33.5 Å². The summed E-state index contributed by atoms with van der Waals surface area (Å²) < 4.78 is 36.3. The van der Waals surface area contributed by atoms with Crippen LogP contribution in [-0.2, 0) is 13.3 Å². The summed E-state index contributed by atoms with van der Waals surface area (Å²) in [6.07, 6.45) is 0.392. The lowest BCUT2D eigenvalue weighted by Crippen LogP contribution is -2.18. The molecule has 4 heterocycles. The number of halogens is 3. The number of benzene rings is 1. The van der Waals surface area contributed by atoms with Crippen molar-refractivity contribution in [2.75, 3.05) is 5.32 Å². The van der Waals surface area contributed by atoms with Crippen LogP contribution >= 0.6 is 22.9 Å². The third-order valence-corrected chi connectivity index (χ3v) is 7.40. The molecule has 10 nitrogen and oxygen atoms in total. The summed E-state index contributed by atoms with van der Waals surface area (Å²) in [5.74, 6) is -1.04. The largest absolute Gasteiger partial charge is 0.470 e. The second-order valence-electron chi connectivity index (χ2n) is 8.63. The Morgan fingerprint density at radius 2 is 1.95 bits per heavy atom. The van der Waals surface area contributed by atoms with Crippen LogP contribution in [0.2, 0.25) is 5.02 Å². The van der Waals surface area contributed by atoms with E-state index in [9.17, 15) is 18.4 Å². The minimum absolute atomic E-state index is 0.0178. The zero-order chi connectivity index (χ0) is 28.6. The highest BCUT2D eigenvalue weighted by atomic mass is 35.5. The molecule has 0 atom stereocenters. The second-order valence-corrected chi connectivity index (χ2v) is 10.0. The third kappa shape index (κ3) is 5.25. The number of aromatic nitrogens is 5. The fraction of sp³-hybridized carbons (Fsp3) is 0.192. The van der Waals surface area contributed by atoms with E-state index in [-0.39, 0.29) is 27.8 Å². The van der Waals surface area contributed by atoms with Gasteiger partial charge < -0.3 is 15.8 Å². The number of hydrogen-bond acceptors (Lipinski definition) is 7. The standard InChI is InChI=1S/C26H22ClF2N7O3S/c1-3-35-11-15(13(2)33-35)14-10-18(23(28)29)31-26-20(14)21(22(40-26)24(30)37)32-25(38)17-8-9-36(34-17)12-39-19-7-5-4-6-16(19)27/h4-11,23H,3,12H2,1-2H3,(H2,30,37)(H,32,38). The number of pyridine rings is 1. The molecule has 5 aromatic rings. The number of anilines is 1. The summed E-state index contributed by atoms with van der Waals surface area (Å²) in [6.45, 7) is 4.17. The molecule has 2 amide bonds. The summed E-state index contributed by atoms with van der Waals surface area (Å²) in [4.78, 5) is 29.8. The number of primary amides is 1. The van der Waals surface area contributed by atoms with Gasteiger partial charge in [-0.25, -0.2) is 18.4 Å². The molecule has 0 saturated heterocycles. The maximum atomic E-state index is 13.8. The number of nitrogens with two attached hydrogens (primary N) is 1. The third-order valence-electron chi connectivity index (χ3n) is 5.99. The molecular weight excluding hydrogens is 564 g/mol. The van der Waals surface area contributed by atoms with E-state index in [4.69, 9.17) is 22.1 Å². The molecule has 14 heteroatoms. The first-order chi connectivity index (χ1) is 19.2. The number of para-hydroxylation sites is 1. The normalized spacial score (nSPS) is 11.3. The lowest BCUT2D eigenvalue weighted by Gasteiger charge is -2.10. The highest BCUT2D eigenvalue weighted by molar-refractivity contribution is 7.21. The Kier molecular flexibility index (Phi) is 7.50. The molecule has 0 spiro atoms. The first-order valence-electron chi connectivity index (χ1n) is 12.0. The molecule has 0 unspecified atom stereocenters. The number of rotatable bonds is 9. The average Bonchev–Trinajstić information content (AvgIpc) is 3.65. The summed E-state index contributed by atoms with van der Waals surface area (Å²) in [5, 5.41) is 12.1. The van der Waals surface area contributed by atoms with Gasteiger partial charge in [0.15, 0.2) is 12.4 Å². The Morgan fingerprint density at radius 1 is 1.18 bits per heavy atom. The molecule has 5 rings (SSSR count). The van der Waals surface area contributed by atoms with Crippen LogP contribution in [0.1, 0.15) is 44.9 Å². The molecule has 0 aliphatic rings. The van der Waals surface area contributed by atoms with E-state index in [1.54, 1.807) is 42.1 Å². The van der Waals surface area contributed by atoms with E-state index in [1.807, 2.05) is 6.92 Å². The SMILES string of the molecule is CCn1cc(-c2cc(C(F)F)nc3sc(C(N)=O)c(NC(=O)c4ccn(COc5ccccc5Cl)n4)c23)c(C)n1. The Balaban J connectivity index is 1.53. The first kappa shape index (κ1) is 27.2. The van der Waals surface area contributed by atoms with E-state index < -0.39 is 23.9 Å². The molecule has 0 saturated carbocycles. The molecular formula is C26H22ClF2N7O3S. The number of ether oxygens (including phenoxy) is 1. The van der Waals surface area contributed by atoms with Crippen molar-refractivity contribution < 1.29 is 23.1 Å². The number of amides is 2. The lowest BCUT2D eigenvalue weighted by atomic mass is 10.0. The highest BCUT2D eigenvalue weighted by Gasteiger charge is 2.27. The van der Waals surface area contributed by atoms with E-state index >= 15 is 0 Å². The predicted molar refractivity (Wildman–Crippen MR) is 147 cm³/mol. The van der Waals surface area contributed by atoms with E-state index in [2.05, 4.69) is 20.5 Å². The van der Waals surface area contributed by atoms with E-state index in [0.29, 0.717) is 39.5 Å². The van der Waals surface area contributed by atoms with Crippen LogP contribution in [-0.4, -0.2) is 36.4 Å². The van der Waals surface area contributed by atoms with Gasteiger partial charge in [0, 0.05) is 29.9 Å². The van der Waals surface area contributed by atoms with Gasteiger partial charge in [0.25, 0.3) is 18.2 Å². The van der Waals surface area contributed by atoms with Gasteiger partial charge in [-0.2, -0.15) is 10.2 Å². The number of nitrogens with zero attached hydrogens (tertiary/aromatic N) is 5. The van der Waals surface area contributed by atoms with Crippen molar-refractivity contribution in [2.24, 2.45) is 5.73 Å². The van der Waals surface area contributed by atoms with Crippen LogP contribution in [0.5, 0.6) is 5.75 Å². The van der Waals surface area contributed by atoms with Gasteiger partial charge in [-0.15, -0.1) is 11.3 Å². The van der Waals surface area contributed by atoms with E-state index in [0.717, 1.165) is 11.3 Å². The fourth-order valence-electron chi connectivity index (χ4n) is 4.11. The molecule has 0 fully saturated rings. The minimum atomic E-state index is -2.86. The lowest BCUT2D eigenvalue weighted by molar-refractivity contribution is 0.100. The molecule has 206 valence electrons. The number of carbonyl (C=O) groups is 2. The zero-order valence-electron chi connectivity index (χ0n) is 21.2. The summed E-state index contributed by atoms with van der Waals surface area (Å²) >= 11 is 6.93. The monoisotopic (exact) mass is 585 g/mol. The molecule has 0 aliphatic carbocycles. The van der Waals surface area contributed by atoms with Crippen molar-refractivity contribution >= 4 is 50.7 Å². The maximum Gasteiger partial charge on any atom is 0.280 e. The second kappa shape index (κ2) is 11.0. The van der Waals surface area contributed by atoms with Gasteiger partial charge in [0.2, 0.25) is 0 Å². The molecule has 4 aromatic heterocycles. The van der Waals surface area contributed by atoms with Crippen LogP contribution < -0.4 is 15.8 Å². The average molecular weight is 586 g/mol. The van der Waals surface area contributed by atoms with Gasteiger partial charge in [-0.3, -0.25) is 14.3 Å². The van der Waals surface area contributed by atoms with Crippen LogP contribution in [0.15, 0.2) is 48.8 Å². The summed E-state index contributed by atoms with van der Waals surface area (Å²) in [7, 11) is 0.